The summed E-state index contributed by atoms with van der Waals surface area (Å²) in [5.74, 6) is 0.799. The van der Waals surface area contributed by atoms with Crippen LogP contribution in [0.1, 0.15) is 0 Å². The molecule has 0 aliphatic heterocycles. The van der Waals surface area contributed by atoms with Crippen LogP contribution in [0, 0.1) is 0 Å². The van der Waals surface area contributed by atoms with E-state index in [0.717, 1.165) is 66.6 Å². The molecule has 3 aromatic heterocycles. The SMILES string of the molecule is c1ccc(-c2cc3c4ccccc4nc(-c4cccc(-c5nc6ccccc6c6c5ccc5ccccc56)c4)n3n2)cc1. The molecule has 9 aromatic rings. The number of hydrogen-bond donors (Lipinski definition) is 0. The van der Waals surface area contributed by atoms with Crippen LogP contribution >= 0.6 is 0 Å². The summed E-state index contributed by atoms with van der Waals surface area (Å²) in [5, 5.41) is 12.1. The lowest BCUT2D eigenvalue weighted by atomic mass is 9.95. The van der Waals surface area contributed by atoms with Crippen LogP contribution in [-0.2, 0) is 0 Å². The molecule has 0 amide bonds. The van der Waals surface area contributed by atoms with Crippen molar-refractivity contribution >= 4 is 48.9 Å². The fourth-order valence-corrected chi connectivity index (χ4v) is 6.37. The maximum absolute atomic E-state index is 5.23. The minimum atomic E-state index is 0.799. The molecule has 43 heavy (non-hydrogen) atoms. The maximum Gasteiger partial charge on any atom is 0.161 e. The first-order valence-corrected chi connectivity index (χ1v) is 14.5. The Labute approximate surface area is 247 Å². The largest absolute Gasteiger partial charge is 0.247 e. The molecule has 0 saturated heterocycles. The highest BCUT2D eigenvalue weighted by Crippen LogP contribution is 2.38. The average Bonchev–Trinajstić information content (AvgIpc) is 3.54. The summed E-state index contributed by atoms with van der Waals surface area (Å²) in [6, 6.07) is 50.7. The minimum Gasteiger partial charge on any atom is -0.247 e. The topological polar surface area (TPSA) is 43.1 Å². The van der Waals surface area contributed by atoms with Crippen LogP contribution in [0.25, 0.3) is 82.8 Å². The zero-order valence-electron chi connectivity index (χ0n) is 23.1. The normalized spacial score (nSPS) is 11.7. The van der Waals surface area contributed by atoms with E-state index in [9.17, 15) is 0 Å². The Balaban J connectivity index is 1.31. The summed E-state index contributed by atoms with van der Waals surface area (Å²) in [6.45, 7) is 0. The quantitative estimate of drug-likeness (QED) is 0.206. The molecule has 0 fully saturated rings. The molecule has 9 rings (SSSR count). The number of benzene rings is 6. The molecule has 4 nitrogen and oxygen atoms in total. The third-order valence-corrected chi connectivity index (χ3v) is 8.37. The van der Waals surface area contributed by atoms with E-state index in [-0.39, 0.29) is 0 Å². The zero-order chi connectivity index (χ0) is 28.3. The smallest absolute Gasteiger partial charge is 0.161 e. The number of nitrogens with zero attached hydrogens (tertiary/aromatic N) is 4. The summed E-state index contributed by atoms with van der Waals surface area (Å²) in [5.41, 5.74) is 7.95. The van der Waals surface area contributed by atoms with Gasteiger partial charge in [-0.2, -0.15) is 5.10 Å². The van der Waals surface area contributed by atoms with Crippen molar-refractivity contribution < 1.29 is 0 Å². The minimum absolute atomic E-state index is 0.799. The lowest BCUT2D eigenvalue weighted by Crippen LogP contribution is -1.99. The number of hydrogen-bond acceptors (Lipinski definition) is 3. The molecule has 200 valence electrons. The summed E-state index contributed by atoms with van der Waals surface area (Å²) in [4.78, 5) is 10.4. The van der Waals surface area contributed by atoms with Gasteiger partial charge in [-0.25, -0.2) is 14.5 Å². The van der Waals surface area contributed by atoms with Crippen molar-refractivity contribution in [3.63, 3.8) is 0 Å². The number of fused-ring (bicyclic) bond motifs is 8. The number of aromatic nitrogens is 4. The molecule has 6 aromatic carbocycles. The van der Waals surface area contributed by atoms with Gasteiger partial charge in [-0.3, -0.25) is 0 Å². The molecule has 0 N–H and O–H groups in total. The van der Waals surface area contributed by atoms with Crippen molar-refractivity contribution in [3.8, 4) is 33.9 Å². The van der Waals surface area contributed by atoms with Crippen molar-refractivity contribution in [3.05, 3.63) is 146 Å². The fourth-order valence-electron chi connectivity index (χ4n) is 6.37. The van der Waals surface area contributed by atoms with Crippen LogP contribution in [0.5, 0.6) is 0 Å². The zero-order valence-corrected chi connectivity index (χ0v) is 23.1. The summed E-state index contributed by atoms with van der Waals surface area (Å²) < 4.78 is 1.99. The fraction of sp³-hybridized carbons (Fsp3) is 0. The second kappa shape index (κ2) is 9.33. The van der Waals surface area contributed by atoms with Crippen LogP contribution in [-0.4, -0.2) is 19.6 Å². The Kier molecular flexibility index (Phi) is 5.16. The Morgan fingerprint density at radius 2 is 1.12 bits per heavy atom. The molecule has 0 radical (unpaired) electrons. The van der Waals surface area contributed by atoms with E-state index in [1.165, 1.54) is 16.2 Å². The lowest BCUT2D eigenvalue weighted by molar-refractivity contribution is 0.949. The van der Waals surface area contributed by atoms with Gasteiger partial charge >= 0.3 is 0 Å². The maximum atomic E-state index is 5.23. The summed E-state index contributed by atoms with van der Waals surface area (Å²) >= 11 is 0. The molecule has 0 aliphatic carbocycles. The van der Waals surface area contributed by atoms with Crippen LogP contribution in [0.4, 0.5) is 0 Å². The third kappa shape index (κ3) is 3.74. The van der Waals surface area contributed by atoms with Crippen LogP contribution in [0.15, 0.2) is 146 Å². The van der Waals surface area contributed by atoms with Crippen molar-refractivity contribution in [1.29, 1.82) is 0 Å². The van der Waals surface area contributed by atoms with E-state index in [4.69, 9.17) is 15.1 Å². The first kappa shape index (κ1) is 23.8. The van der Waals surface area contributed by atoms with Crippen molar-refractivity contribution in [2.75, 3.05) is 0 Å². The van der Waals surface area contributed by atoms with Crippen molar-refractivity contribution in [1.82, 2.24) is 19.6 Å². The van der Waals surface area contributed by atoms with Crippen LogP contribution in [0.2, 0.25) is 0 Å². The molecule has 0 saturated carbocycles. The van der Waals surface area contributed by atoms with Gasteiger partial charge in [0.1, 0.15) is 0 Å². The standard InChI is InChI=1S/C39H24N4/c1-2-12-26(13-3-1)35-24-36-30-17-6-8-19-33(30)41-39(43(36)42-35)28-15-10-14-27(23-28)38-32-22-21-25-11-4-5-16-29(25)37(32)31-18-7-9-20-34(31)40-38/h1-24H. The molecule has 0 atom stereocenters. The molecule has 0 bridgehead atoms. The predicted molar refractivity (Wildman–Crippen MR) is 177 cm³/mol. The third-order valence-electron chi connectivity index (χ3n) is 8.37. The Morgan fingerprint density at radius 1 is 0.442 bits per heavy atom. The molecule has 3 heterocycles. The van der Waals surface area contributed by atoms with Crippen LogP contribution < -0.4 is 0 Å². The molecule has 0 aliphatic rings. The van der Waals surface area contributed by atoms with Gasteiger partial charge in [0.2, 0.25) is 0 Å². The number of rotatable bonds is 3. The number of pyridine rings is 1. The molecule has 0 unspecified atom stereocenters. The average molecular weight is 549 g/mol. The van der Waals surface area contributed by atoms with Crippen molar-refractivity contribution in [2.24, 2.45) is 0 Å². The van der Waals surface area contributed by atoms with E-state index in [0.29, 0.717) is 0 Å². The molecular formula is C39H24N4. The van der Waals surface area contributed by atoms with E-state index in [2.05, 4.69) is 121 Å². The van der Waals surface area contributed by atoms with Gasteiger partial charge in [-0.1, -0.05) is 121 Å². The van der Waals surface area contributed by atoms with E-state index in [1.54, 1.807) is 0 Å². The lowest BCUT2D eigenvalue weighted by Gasteiger charge is -2.14. The first-order valence-electron chi connectivity index (χ1n) is 14.5. The Bertz CT molecular complexity index is 2500. The van der Waals surface area contributed by atoms with E-state index < -0.39 is 0 Å². The van der Waals surface area contributed by atoms with Gasteiger partial charge in [0.15, 0.2) is 5.82 Å². The second-order valence-corrected chi connectivity index (χ2v) is 10.9. The number of para-hydroxylation sites is 2. The van der Waals surface area contributed by atoms with Gasteiger partial charge in [0.25, 0.3) is 0 Å². The second-order valence-electron chi connectivity index (χ2n) is 10.9. The van der Waals surface area contributed by atoms with Crippen LogP contribution in [0.3, 0.4) is 0 Å². The highest BCUT2D eigenvalue weighted by atomic mass is 15.3. The molecule has 0 spiro atoms. The molecular weight excluding hydrogens is 524 g/mol. The summed E-state index contributed by atoms with van der Waals surface area (Å²) in [6.07, 6.45) is 0. The Hall–Kier alpha value is -5.87. The predicted octanol–water partition coefficient (Wildman–Crippen LogP) is 9.74. The van der Waals surface area contributed by atoms with Gasteiger partial charge in [0, 0.05) is 38.2 Å². The van der Waals surface area contributed by atoms with E-state index >= 15 is 0 Å². The first-order chi connectivity index (χ1) is 21.3. The monoisotopic (exact) mass is 548 g/mol. The van der Waals surface area contributed by atoms with Gasteiger partial charge in [-0.05, 0) is 35.0 Å². The Morgan fingerprint density at radius 3 is 1.98 bits per heavy atom. The summed E-state index contributed by atoms with van der Waals surface area (Å²) in [7, 11) is 0. The molecule has 4 heteroatoms. The highest BCUT2D eigenvalue weighted by Gasteiger charge is 2.17. The van der Waals surface area contributed by atoms with Gasteiger partial charge in [0.05, 0.1) is 27.9 Å². The van der Waals surface area contributed by atoms with Gasteiger partial charge < -0.3 is 0 Å². The van der Waals surface area contributed by atoms with Gasteiger partial charge in [-0.15, -0.1) is 0 Å². The highest BCUT2D eigenvalue weighted by molar-refractivity contribution is 6.22. The van der Waals surface area contributed by atoms with Crippen molar-refractivity contribution in [2.45, 2.75) is 0 Å². The van der Waals surface area contributed by atoms with E-state index in [1.807, 2.05) is 28.8 Å².